The van der Waals surface area contributed by atoms with Crippen LogP contribution in [-0.2, 0) is 19.5 Å². The highest BCUT2D eigenvalue weighted by Gasteiger charge is 2.33. The first kappa shape index (κ1) is 43.1. The number of carbonyl (C=O) groups excluding carboxylic acids is 1. The summed E-state index contributed by atoms with van der Waals surface area (Å²) < 4.78 is 47.2. The van der Waals surface area contributed by atoms with Gasteiger partial charge in [0.25, 0.3) is 21.6 Å². The summed E-state index contributed by atoms with van der Waals surface area (Å²) in [6.45, 7) is 7.65. The summed E-state index contributed by atoms with van der Waals surface area (Å²) in [4.78, 5) is 37.1. The number of aromatic nitrogens is 2. The third-order valence-electron chi connectivity index (χ3n) is 12.2. The average Bonchev–Trinajstić information content (AvgIpc) is 3.75. The Balaban J connectivity index is 1.01. The quantitative estimate of drug-likeness (QED) is 0.0723. The van der Waals surface area contributed by atoms with Crippen LogP contribution in [-0.4, -0.2) is 99.3 Å². The van der Waals surface area contributed by atoms with Crippen LogP contribution in [0.3, 0.4) is 0 Å². The van der Waals surface area contributed by atoms with Gasteiger partial charge in [-0.15, -0.1) is 0 Å². The lowest BCUT2D eigenvalue weighted by Gasteiger charge is -2.40. The minimum atomic E-state index is -4.56. The highest BCUT2D eigenvalue weighted by atomic mass is 35.5. The molecule has 1 unspecified atom stereocenters. The maximum absolute atomic E-state index is 13.9. The molecule has 0 spiro atoms. The van der Waals surface area contributed by atoms with E-state index in [-0.39, 0.29) is 28.5 Å². The minimum absolute atomic E-state index is 0.0467. The Morgan fingerprint density at radius 3 is 2.56 bits per heavy atom. The van der Waals surface area contributed by atoms with Gasteiger partial charge < -0.3 is 29.4 Å². The smallest absolute Gasteiger partial charge is 0.293 e. The Labute approximate surface area is 365 Å². The number of methoxy groups -OCH3 is 1. The summed E-state index contributed by atoms with van der Waals surface area (Å²) in [6.07, 6.45) is 7.60. The van der Waals surface area contributed by atoms with Crippen molar-refractivity contribution in [3.8, 4) is 11.5 Å². The molecule has 17 heteroatoms. The Kier molecular flexibility index (Phi) is 12.8. The van der Waals surface area contributed by atoms with Crippen molar-refractivity contribution in [1.82, 2.24) is 19.6 Å². The van der Waals surface area contributed by atoms with E-state index in [2.05, 4.69) is 48.9 Å². The van der Waals surface area contributed by atoms with E-state index in [1.165, 1.54) is 41.1 Å². The van der Waals surface area contributed by atoms with Crippen LogP contribution in [0, 0.1) is 16.0 Å². The van der Waals surface area contributed by atoms with Crippen molar-refractivity contribution in [2.45, 2.75) is 49.5 Å². The monoisotopic (exact) mass is 883 g/mol. The number of H-pyrrole nitrogens is 1. The number of piperazine rings is 1. The van der Waals surface area contributed by atoms with Gasteiger partial charge in [-0.05, 0) is 110 Å². The molecule has 2 saturated heterocycles. The number of anilines is 2. The van der Waals surface area contributed by atoms with Gasteiger partial charge in [-0.3, -0.25) is 19.8 Å². The number of benzene rings is 3. The van der Waals surface area contributed by atoms with Crippen molar-refractivity contribution < 1.29 is 32.3 Å². The fraction of sp³-hybridized carbons (Fsp3) is 0.378. The van der Waals surface area contributed by atoms with Crippen molar-refractivity contribution in [1.29, 1.82) is 0 Å². The SMILES string of the molecule is COC1(C)CCC(c2ccc(Cl)cc2)=C(CN2CCN(c3ccc(C(=O)NS(=O)(=O)c4ccc(NCC5CCOCC5)c([N+](=O)[O-])c4)c(Oc4cnc5[nH]ccc5c4)c3)CC2)C1. The predicted octanol–water partition coefficient (Wildman–Crippen LogP) is 8.04. The zero-order chi connectivity index (χ0) is 43.4. The number of nitro groups is 1. The van der Waals surface area contributed by atoms with Crippen LogP contribution in [0.4, 0.5) is 17.1 Å². The number of nitro benzene ring substituents is 1. The second-order valence-corrected chi connectivity index (χ2v) is 18.5. The molecule has 0 radical (unpaired) electrons. The zero-order valence-electron chi connectivity index (χ0n) is 34.7. The first-order valence-electron chi connectivity index (χ1n) is 20.8. The van der Waals surface area contributed by atoms with E-state index in [1.807, 2.05) is 18.2 Å². The van der Waals surface area contributed by atoms with Gasteiger partial charge in [-0.2, -0.15) is 0 Å². The van der Waals surface area contributed by atoms with Gasteiger partial charge >= 0.3 is 0 Å². The van der Waals surface area contributed by atoms with E-state index < -0.39 is 31.4 Å². The number of pyridine rings is 1. The molecule has 2 fully saturated rings. The van der Waals surface area contributed by atoms with Crippen molar-refractivity contribution in [3.63, 3.8) is 0 Å². The normalized spacial score (nSPS) is 19.1. The maximum Gasteiger partial charge on any atom is 0.293 e. The summed E-state index contributed by atoms with van der Waals surface area (Å²) in [5.74, 6) is -0.231. The Morgan fingerprint density at radius 1 is 1.05 bits per heavy atom. The summed E-state index contributed by atoms with van der Waals surface area (Å²) in [5, 5.41) is 16.7. The van der Waals surface area contributed by atoms with Crippen LogP contribution in [0.2, 0.25) is 5.02 Å². The van der Waals surface area contributed by atoms with Crippen molar-refractivity contribution >= 4 is 61.2 Å². The number of nitrogens with zero attached hydrogens (tertiary/aromatic N) is 4. The number of carbonyl (C=O) groups is 1. The van der Waals surface area contributed by atoms with E-state index in [4.69, 9.17) is 25.8 Å². The number of ether oxygens (including phenoxy) is 3. The number of allylic oxidation sites excluding steroid dienone is 1. The summed E-state index contributed by atoms with van der Waals surface area (Å²) in [7, 11) is -2.78. The summed E-state index contributed by atoms with van der Waals surface area (Å²) >= 11 is 6.23. The highest BCUT2D eigenvalue weighted by Crippen LogP contribution is 2.40. The molecule has 4 heterocycles. The lowest BCUT2D eigenvalue weighted by atomic mass is 9.79. The first-order chi connectivity index (χ1) is 29.9. The van der Waals surface area contributed by atoms with E-state index in [1.54, 1.807) is 31.5 Å². The van der Waals surface area contributed by atoms with E-state index in [0.717, 1.165) is 68.9 Å². The van der Waals surface area contributed by atoms with Crippen molar-refractivity contribution in [3.05, 3.63) is 117 Å². The molecule has 2 aliphatic heterocycles. The minimum Gasteiger partial charge on any atom is -0.455 e. The molecule has 62 heavy (non-hydrogen) atoms. The van der Waals surface area contributed by atoms with E-state index >= 15 is 0 Å². The van der Waals surface area contributed by atoms with Gasteiger partial charge in [0.05, 0.1) is 27.2 Å². The second kappa shape index (κ2) is 18.4. The van der Waals surface area contributed by atoms with Crippen molar-refractivity contribution in [2.24, 2.45) is 5.92 Å². The molecule has 3 aliphatic rings. The van der Waals surface area contributed by atoms with Crippen LogP contribution in [0.25, 0.3) is 16.6 Å². The van der Waals surface area contributed by atoms with Gasteiger partial charge in [0, 0.05) is 94.0 Å². The number of amides is 1. The summed E-state index contributed by atoms with van der Waals surface area (Å²) in [5.41, 5.74) is 4.83. The van der Waals surface area contributed by atoms with Crippen LogP contribution >= 0.6 is 11.6 Å². The molecule has 3 aromatic carbocycles. The average molecular weight is 884 g/mol. The molecule has 1 atom stereocenters. The van der Waals surface area contributed by atoms with Crippen LogP contribution in [0.1, 0.15) is 54.9 Å². The molecule has 1 amide bonds. The molecule has 1 aliphatic carbocycles. The number of rotatable bonds is 14. The molecular weight excluding hydrogens is 834 g/mol. The fourth-order valence-electron chi connectivity index (χ4n) is 8.47. The molecule has 3 N–H and O–H groups in total. The maximum atomic E-state index is 13.9. The Bertz CT molecular complexity index is 2590. The summed E-state index contributed by atoms with van der Waals surface area (Å²) in [6, 6.07) is 20.3. The van der Waals surface area contributed by atoms with E-state index in [9.17, 15) is 23.3 Å². The molecule has 326 valence electrons. The second-order valence-electron chi connectivity index (χ2n) is 16.4. The van der Waals surface area contributed by atoms with E-state index in [0.29, 0.717) is 49.3 Å². The van der Waals surface area contributed by atoms with Gasteiger partial charge in [0.15, 0.2) is 0 Å². The molecule has 15 nitrogen and oxygen atoms in total. The number of sulfonamides is 1. The van der Waals surface area contributed by atoms with Gasteiger partial charge in [-0.1, -0.05) is 23.7 Å². The van der Waals surface area contributed by atoms with Gasteiger partial charge in [0.2, 0.25) is 0 Å². The first-order valence-corrected chi connectivity index (χ1v) is 22.6. The molecule has 0 saturated carbocycles. The van der Waals surface area contributed by atoms with Crippen LogP contribution in [0.15, 0.2) is 95.7 Å². The largest absolute Gasteiger partial charge is 0.455 e. The molecule has 2 aromatic heterocycles. The number of hydrogen-bond donors (Lipinski definition) is 3. The Hall–Kier alpha value is -5.52. The highest BCUT2D eigenvalue weighted by molar-refractivity contribution is 7.90. The third-order valence-corrected chi connectivity index (χ3v) is 13.8. The Morgan fingerprint density at radius 2 is 1.82 bits per heavy atom. The number of halogens is 1. The number of aromatic amines is 1. The lowest BCUT2D eigenvalue weighted by molar-refractivity contribution is -0.384. The van der Waals surface area contributed by atoms with Crippen molar-refractivity contribution in [2.75, 3.05) is 69.8 Å². The number of nitrogens with one attached hydrogen (secondary N) is 3. The lowest BCUT2D eigenvalue weighted by Crippen LogP contribution is -2.47. The molecule has 5 aromatic rings. The van der Waals surface area contributed by atoms with Gasteiger partial charge in [-0.25, -0.2) is 18.1 Å². The molecule has 0 bridgehead atoms. The van der Waals surface area contributed by atoms with Gasteiger partial charge in [0.1, 0.15) is 22.8 Å². The van der Waals surface area contributed by atoms with Crippen LogP contribution < -0.4 is 19.7 Å². The fourth-order valence-corrected chi connectivity index (χ4v) is 9.59. The number of hydrogen-bond acceptors (Lipinski definition) is 12. The number of fused-ring (bicyclic) bond motifs is 1. The zero-order valence-corrected chi connectivity index (χ0v) is 36.3. The third kappa shape index (κ3) is 9.90. The molecule has 8 rings (SSSR count). The standard InChI is InChI=1S/C45H50ClN7O8S/c1-45(59-2)15-11-38(31-3-5-34(46)6-4-31)33(26-45)29-51-17-19-52(20-18-51)35-7-9-39(42(24-35)61-36-23-32-12-16-47-43(32)49-28-36)44(54)50-62(57,58)37-8-10-40(41(25-37)53(55)56)48-27-30-13-21-60-22-14-30/h3-10,12,16,23-25,28,30,48H,11,13-15,17-22,26-27,29H2,1-2H3,(H,47,49)(H,50,54). The molecular formula is C45H50ClN7O8S. The topological polar surface area (TPSA) is 181 Å². The van der Waals surface area contributed by atoms with Crippen LogP contribution in [0.5, 0.6) is 11.5 Å². The predicted molar refractivity (Wildman–Crippen MR) is 239 cm³/mol.